The van der Waals surface area contributed by atoms with Crippen molar-refractivity contribution < 1.29 is 24.2 Å². The summed E-state index contributed by atoms with van der Waals surface area (Å²) in [5.74, 6) is -1.29. The predicted molar refractivity (Wildman–Crippen MR) is 75.0 cm³/mol. The molecule has 0 spiro atoms. The third kappa shape index (κ3) is 4.07. The van der Waals surface area contributed by atoms with Crippen molar-refractivity contribution >= 4 is 11.9 Å². The van der Waals surface area contributed by atoms with Crippen LogP contribution < -0.4 is 4.74 Å². The first-order valence-corrected chi connectivity index (χ1v) is 6.29. The van der Waals surface area contributed by atoms with E-state index in [-0.39, 0.29) is 23.7 Å². The van der Waals surface area contributed by atoms with Gasteiger partial charge in [-0.25, -0.2) is 4.79 Å². The van der Waals surface area contributed by atoms with Gasteiger partial charge in [-0.2, -0.15) is 0 Å². The van der Waals surface area contributed by atoms with Gasteiger partial charge in [0.2, 0.25) is 0 Å². The molecule has 0 radical (unpaired) electrons. The lowest BCUT2D eigenvalue weighted by molar-refractivity contribution is -0.131. The fraction of sp³-hybridized carbons (Fsp3) is 0.125. The Balaban J connectivity index is 2.14. The highest BCUT2D eigenvalue weighted by molar-refractivity contribution is 5.93. The lowest BCUT2D eigenvalue weighted by Crippen LogP contribution is -2.10. The van der Waals surface area contributed by atoms with Gasteiger partial charge in [-0.3, -0.25) is 4.79 Å². The Hall–Kier alpha value is -2.82. The topological polar surface area (TPSA) is 72.8 Å². The zero-order chi connectivity index (χ0) is 15.2. The largest absolute Gasteiger partial charge is 0.508 e. The van der Waals surface area contributed by atoms with Crippen molar-refractivity contribution in [3.8, 4) is 11.5 Å². The van der Waals surface area contributed by atoms with Crippen LogP contribution in [0.3, 0.4) is 0 Å². The van der Waals surface area contributed by atoms with E-state index in [0.29, 0.717) is 0 Å². The van der Waals surface area contributed by atoms with E-state index < -0.39 is 11.9 Å². The summed E-state index contributed by atoms with van der Waals surface area (Å²) in [6.07, 6.45) is 0. The number of hydrogen-bond donors (Lipinski definition) is 1. The van der Waals surface area contributed by atoms with Crippen molar-refractivity contribution in [1.29, 1.82) is 0 Å². The highest BCUT2D eigenvalue weighted by Crippen LogP contribution is 2.24. The van der Waals surface area contributed by atoms with E-state index in [2.05, 4.69) is 0 Å². The summed E-state index contributed by atoms with van der Waals surface area (Å²) in [6, 6.07) is 13.0. The molecule has 0 aliphatic rings. The molecule has 0 saturated carbocycles. The summed E-state index contributed by atoms with van der Waals surface area (Å²) < 4.78 is 10.1. The number of hydrogen-bond acceptors (Lipinski definition) is 5. The van der Waals surface area contributed by atoms with Crippen LogP contribution >= 0.6 is 0 Å². The molecule has 0 fully saturated rings. The molecule has 1 N–H and O–H groups in total. The molecule has 0 atom stereocenters. The van der Waals surface area contributed by atoms with Crippen molar-refractivity contribution in [2.75, 3.05) is 0 Å². The molecule has 0 saturated heterocycles. The van der Waals surface area contributed by atoms with E-state index in [0.717, 1.165) is 5.56 Å². The molecule has 2 rings (SSSR count). The molecular formula is C16H14O5. The van der Waals surface area contributed by atoms with Gasteiger partial charge in [-0.1, -0.05) is 30.3 Å². The lowest BCUT2D eigenvalue weighted by atomic mass is 10.2. The average molecular weight is 286 g/mol. The summed E-state index contributed by atoms with van der Waals surface area (Å²) in [5.41, 5.74) is 0.834. The second-order valence-corrected chi connectivity index (χ2v) is 4.34. The first kappa shape index (κ1) is 14.6. The number of rotatable bonds is 4. The number of carbonyl (C=O) groups is 2. The van der Waals surface area contributed by atoms with Gasteiger partial charge in [-0.05, 0) is 23.8 Å². The molecule has 2 aromatic carbocycles. The van der Waals surface area contributed by atoms with Crippen LogP contribution in [0.5, 0.6) is 11.5 Å². The number of esters is 2. The minimum Gasteiger partial charge on any atom is -0.508 e. The smallest absolute Gasteiger partial charge is 0.342 e. The zero-order valence-corrected chi connectivity index (χ0v) is 11.4. The highest BCUT2D eigenvalue weighted by atomic mass is 16.5. The van der Waals surface area contributed by atoms with Crippen LogP contribution in [-0.2, 0) is 16.1 Å². The molecule has 108 valence electrons. The van der Waals surface area contributed by atoms with Crippen LogP contribution in [0.4, 0.5) is 0 Å². The highest BCUT2D eigenvalue weighted by Gasteiger charge is 2.16. The Morgan fingerprint density at radius 3 is 2.48 bits per heavy atom. The summed E-state index contributed by atoms with van der Waals surface area (Å²) in [4.78, 5) is 23.1. The predicted octanol–water partition coefficient (Wildman–Crippen LogP) is 2.67. The van der Waals surface area contributed by atoms with Gasteiger partial charge in [0, 0.05) is 6.92 Å². The van der Waals surface area contributed by atoms with E-state index in [9.17, 15) is 14.7 Å². The number of benzene rings is 2. The van der Waals surface area contributed by atoms with Crippen LogP contribution in [0, 0.1) is 0 Å². The molecule has 0 unspecified atom stereocenters. The van der Waals surface area contributed by atoms with E-state index >= 15 is 0 Å². The third-order valence-corrected chi connectivity index (χ3v) is 2.65. The van der Waals surface area contributed by atoms with Crippen LogP contribution in [0.2, 0.25) is 0 Å². The van der Waals surface area contributed by atoms with Gasteiger partial charge in [0.05, 0.1) is 0 Å². The summed E-state index contributed by atoms with van der Waals surface area (Å²) in [7, 11) is 0. The van der Waals surface area contributed by atoms with Crippen LogP contribution in [0.25, 0.3) is 0 Å². The Kier molecular flexibility index (Phi) is 4.56. The van der Waals surface area contributed by atoms with Crippen molar-refractivity contribution in [3.63, 3.8) is 0 Å². The average Bonchev–Trinajstić information content (AvgIpc) is 2.47. The second kappa shape index (κ2) is 6.56. The van der Waals surface area contributed by atoms with Crippen LogP contribution in [0.15, 0.2) is 48.5 Å². The fourth-order valence-corrected chi connectivity index (χ4v) is 1.72. The van der Waals surface area contributed by atoms with Crippen molar-refractivity contribution in [3.05, 3.63) is 59.7 Å². The second-order valence-electron chi connectivity index (χ2n) is 4.34. The maximum Gasteiger partial charge on any atom is 0.342 e. The molecule has 0 aliphatic heterocycles. The van der Waals surface area contributed by atoms with Gasteiger partial charge >= 0.3 is 11.9 Å². The van der Waals surface area contributed by atoms with Gasteiger partial charge in [-0.15, -0.1) is 0 Å². The molecule has 2 aromatic rings. The number of ether oxygens (including phenoxy) is 2. The van der Waals surface area contributed by atoms with Gasteiger partial charge < -0.3 is 14.6 Å². The molecule has 0 amide bonds. The molecular weight excluding hydrogens is 272 g/mol. The Morgan fingerprint density at radius 2 is 1.81 bits per heavy atom. The molecule has 0 heterocycles. The third-order valence-electron chi connectivity index (χ3n) is 2.65. The van der Waals surface area contributed by atoms with Crippen LogP contribution in [0.1, 0.15) is 22.8 Å². The molecule has 5 heteroatoms. The standard InChI is InChI=1S/C16H14O5/c1-11(17)21-15-8-7-13(18)9-14(15)16(19)20-10-12-5-3-2-4-6-12/h2-9,18H,10H2,1H3. The molecule has 0 aliphatic carbocycles. The molecule has 0 aromatic heterocycles. The Labute approximate surface area is 121 Å². The van der Waals surface area contributed by atoms with Gasteiger partial charge in [0.1, 0.15) is 23.7 Å². The minimum absolute atomic E-state index is 0.00105. The summed E-state index contributed by atoms with van der Waals surface area (Å²) in [5, 5.41) is 9.46. The van der Waals surface area contributed by atoms with Gasteiger partial charge in [0.25, 0.3) is 0 Å². The lowest BCUT2D eigenvalue weighted by Gasteiger charge is -2.09. The minimum atomic E-state index is -0.675. The molecule has 21 heavy (non-hydrogen) atoms. The number of phenols is 1. The van der Waals surface area contributed by atoms with Crippen molar-refractivity contribution in [2.45, 2.75) is 13.5 Å². The van der Waals surface area contributed by atoms with Crippen molar-refractivity contribution in [2.24, 2.45) is 0 Å². The first-order valence-electron chi connectivity index (χ1n) is 6.29. The Bertz CT molecular complexity index is 649. The quantitative estimate of drug-likeness (QED) is 0.691. The SMILES string of the molecule is CC(=O)Oc1ccc(O)cc1C(=O)OCc1ccccc1. The zero-order valence-electron chi connectivity index (χ0n) is 11.4. The summed E-state index contributed by atoms with van der Waals surface area (Å²) in [6.45, 7) is 1.32. The number of carbonyl (C=O) groups excluding carboxylic acids is 2. The van der Waals surface area contributed by atoms with Gasteiger partial charge in [0.15, 0.2) is 0 Å². The Morgan fingerprint density at radius 1 is 1.10 bits per heavy atom. The maximum atomic E-state index is 12.0. The number of aromatic hydroxyl groups is 1. The monoisotopic (exact) mass is 286 g/mol. The van der Waals surface area contributed by atoms with E-state index in [4.69, 9.17) is 9.47 Å². The van der Waals surface area contributed by atoms with Crippen molar-refractivity contribution in [1.82, 2.24) is 0 Å². The first-order chi connectivity index (χ1) is 10.1. The maximum absolute atomic E-state index is 12.0. The van der Waals surface area contributed by atoms with Crippen LogP contribution in [-0.4, -0.2) is 17.0 Å². The normalized spacial score (nSPS) is 9.95. The van der Waals surface area contributed by atoms with E-state index in [1.165, 1.54) is 25.1 Å². The summed E-state index contributed by atoms with van der Waals surface area (Å²) >= 11 is 0. The van der Waals surface area contributed by atoms with E-state index in [1.54, 1.807) is 0 Å². The fourth-order valence-electron chi connectivity index (χ4n) is 1.72. The molecule has 0 bridgehead atoms. The number of phenolic OH excluding ortho intramolecular Hbond substituents is 1. The molecule has 5 nitrogen and oxygen atoms in total. The van der Waals surface area contributed by atoms with E-state index in [1.807, 2.05) is 30.3 Å².